The molecule has 1 heterocycles. The largest absolute Gasteiger partial charge is 0.480 e. The lowest BCUT2D eigenvalue weighted by atomic mass is 9.87. The summed E-state index contributed by atoms with van der Waals surface area (Å²) in [6.07, 6.45) is 1.22. The van der Waals surface area contributed by atoms with E-state index in [2.05, 4.69) is 20.8 Å². The first-order chi connectivity index (χ1) is 16.9. The molecule has 0 fully saturated rings. The van der Waals surface area contributed by atoms with Gasteiger partial charge in [-0.15, -0.1) is 0 Å². The number of aromatic nitrogens is 2. The van der Waals surface area contributed by atoms with E-state index < -0.39 is 38.8 Å². The topological polar surface area (TPSA) is 164 Å². The summed E-state index contributed by atoms with van der Waals surface area (Å²) in [4.78, 5) is 44.8. The Morgan fingerprint density at radius 2 is 1.46 bits per heavy atom. The Kier molecular flexibility index (Phi) is 11.0. The summed E-state index contributed by atoms with van der Waals surface area (Å²) in [6, 6.07) is 13.4. The second kappa shape index (κ2) is 13.0. The molecule has 3 rings (SSSR count). The number of carboxylic acid groups (broad SMARTS) is 2. The quantitative estimate of drug-likeness (QED) is 0.414. The molecule has 200 valence electrons. The molecule has 3 N–H and O–H groups in total. The van der Waals surface area contributed by atoms with Crippen molar-refractivity contribution in [3.63, 3.8) is 0 Å². The number of benzene rings is 2. The summed E-state index contributed by atoms with van der Waals surface area (Å²) >= 11 is 0. The van der Waals surface area contributed by atoms with Crippen molar-refractivity contribution in [3.05, 3.63) is 97.8 Å². The fraction of sp³-hybridized carbons (Fsp3) is 0.280. The van der Waals surface area contributed by atoms with Crippen molar-refractivity contribution in [2.45, 2.75) is 51.5 Å². The minimum absolute atomic E-state index is 0.0804. The highest BCUT2D eigenvalue weighted by atomic mass is 35.7. The van der Waals surface area contributed by atoms with Crippen LogP contribution in [0.15, 0.2) is 69.2 Å². The van der Waals surface area contributed by atoms with E-state index in [1.165, 1.54) is 25.3 Å². The van der Waals surface area contributed by atoms with Gasteiger partial charge in [0.15, 0.2) is 0 Å². The number of aryl methyl sites for hydroxylation is 2. The Morgan fingerprint density at radius 1 is 0.946 bits per heavy atom. The molecule has 0 saturated heterocycles. The van der Waals surface area contributed by atoms with Gasteiger partial charge in [-0.2, -0.15) is 0 Å². The number of aromatic carboxylic acids is 1. The van der Waals surface area contributed by atoms with Crippen molar-refractivity contribution in [2.24, 2.45) is 0 Å². The predicted octanol–water partition coefficient (Wildman–Crippen LogP) is 3.53. The molecule has 0 aliphatic rings. The Balaban J connectivity index is 0.000000279. The maximum Gasteiger partial charge on any atom is 0.335 e. The van der Waals surface area contributed by atoms with Crippen LogP contribution >= 0.6 is 10.7 Å². The number of halogens is 1. The van der Waals surface area contributed by atoms with Crippen molar-refractivity contribution < 1.29 is 28.2 Å². The first-order valence-corrected chi connectivity index (χ1v) is 13.1. The number of aliphatic carboxylic acids is 1. The second-order valence-electron chi connectivity index (χ2n) is 8.98. The number of hydrogen-bond acceptors (Lipinski definition) is 6. The molecule has 0 unspecified atom stereocenters. The molecule has 0 spiro atoms. The second-order valence-corrected chi connectivity index (χ2v) is 11.5. The zero-order valence-electron chi connectivity index (χ0n) is 21.0. The third kappa shape index (κ3) is 10.8. The van der Waals surface area contributed by atoms with Gasteiger partial charge in [-0.25, -0.2) is 18.0 Å². The average molecular weight is 553 g/mol. The smallest absolute Gasteiger partial charge is 0.335 e. The first kappa shape index (κ1) is 31.3. The van der Waals surface area contributed by atoms with Crippen LogP contribution in [0.25, 0.3) is 0 Å². The van der Waals surface area contributed by atoms with Gasteiger partial charge in [0.25, 0.3) is 14.6 Å². The van der Waals surface area contributed by atoms with Crippen LogP contribution in [0.4, 0.5) is 0 Å². The summed E-state index contributed by atoms with van der Waals surface area (Å²) in [5.41, 5.74) is 1.68. The standard InChI is InChI=1S/C11H14O2.C7H7ClO2S.C7H8N2O4/c1-11(2,3)9-6-4-8(5-7-9)10(12)13;1-6-2-4-7(5-3-6)11(8,9)10;1-4-2-9(3-5(10)11)7(13)8-6(4)12/h4-7H,1-3H3,(H,12,13);2-5H,1H3;2H,3H2,1H3,(H,10,11)(H,8,12,13). The molecular formula is C25H29ClN2O8S. The third-order valence-electron chi connectivity index (χ3n) is 4.79. The van der Waals surface area contributed by atoms with Crippen molar-refractivity contribution >= 4 is 31.7 Å². The molecule has 1 aromatic heterocycles. The van der Waals surface area contributed by atoms with Crippen LogP contribution in [0.2, 0.25) is 0 Å². The molecule has 0 saturated carbocycles. The lowest BCUT2D eigenvalue weighted by Gasteiger charge is -2.18. The molecule has 0 amide bonds. The fourth-order valence-corrected chi connectivity index (χ4v) is 3.47. The van der Waals surface area contributed by atoms with E-state index >= 15 is 0 Å². The Hall–Kier alpha value is -3.70. The van der Waals surface area contributed by atoms with Crippen LogP contribution in [-0.4, -0.2) is 40.1 Å². The molecular weight excluding hydrogens is 524 g/mol. The number of nitrogens with one attached hydrogen (secondary N) is 1. The molecule has 0 bridgehead atoms. The average Bonchev–Trinajstić information content (AvgIpc) is 2.77. The molecule has 0 aliphatic carbocycles. The van der Waals surface area contributed by atoms with E-state index in [0.29, 0.717) is 11.1 Å². The molecule has 0 radical (unpaired) electrons. The number of carboxylic acids is 2. The van der Waals surface area contributed by atoms with Crippen LogP contribution in [0.5, 0.6) is 0 Å². The molecule has 12 heteroatoms. The van der Waals surface area contributed by atoms with Crippen molar-refractivity contribution in [1.82, 2.24) is 9.55 Å². The Bertz CT molecular complexity index is 1450. The van der Waals surface area contributed by atoms with Gasteiger partial charge < -0.3 is 10.2 Å². The van der Waals surface area contributed by atoms with Crippen molar-refractivity contribution in [2.75, 3.05) is 0 Å². The highest BCUT2D eigenvalue weighted by molar-refractivity contribution is 8.13. The van der Waals surface area contributed by atoms with Crippen molar-refractivity contribution in [3.8, 4) is 0 Å². The SMILES string of the molecule is CC(C)(C)c1ccc(C(=O)O)cc1.Cc1ccc(S(=O)(=O)Cl)cc1.Cc1cn(CC(=O)O)c(=O)[nH]c1=O. The van der Waals surface area contributed by atoms with Gasteiger partial charge in [-0.3, -0.25) is 19.1 Å². The van der Waals surface area contributed by atoms with E-state index in [0.717, 1.165) is 15.7 Å². The van der Waals surface area contributed by atoms with Crippen LogP contribution in [0.3, 0.4) is 0 Å². The fourth-order valence-electron chi connectivity index (χ4n) is 2.70. The summed E-state index contributed by atoms with van der Waals surface area (Å²) in [5, 5.41) is 17.1. The number of H-pyrrole nitrogens is 1. The maximum absolute atomic E-state index is 11.0. The van der Waals surface area contributed by atoms with Gasteiger partial charge in [0.05, 0.1) is 10.5 Å². The summed E-state index contributed by atoms with van der Waals surface area (Å²) in [6.45, 7) is 9.23. The molecule has 37 heavy (non-hydrogen) atoms. The minimum atomic E-state index is -3.55. The normalized spacial score (nSPS) is 10.9. The number of carbonyl (C=O) groups is 2. The van der Waals surface area contributed by atoms with Gasteiger partial charge in [-0.1, -0.05) is 50.6 Å². The monoisotopic (exact) mass is 552 g/mol. The van der Waals surface area contributed by atoms with Gasteiger partial charge >= 0.3 is 17.6 Å². The van der Waals surface area contributed by atoms with Gasteiger partial charge in [0.2, 0.25) is 0 Å². The highest BCUT2D eigenvalue weighted by Crippen LogP contribution is 2.22. The zero-order chi connectivity index (χ0) is 28.6. The maximum atomic E-state index is 11.0. The predicted molar refractivity (Wildman–Crippen MR) is 140 cm³/mol. The van der Waals surface area contributed by atoms with E-state index in [1.54, 1.807) is 24.3 Å². The lowest BCUT2D eigenvalue weighted by molar-refractivity contribution is -0.137. The van der Waals surface area contributed by atoms with Crippen LogP contribution in [0.1, 0.15) is 47.8 Å². The summed E-state index contributed by atoms with van der Waals surface area (Å²) < 4.78 is 22.3. The number of hydrogen-bond donors (Lipinski definition) is 3. The zero-order valence-corrected chi connectivity index (χ0v) is 22.6. The van der Waals surface area contributed by atoms with Crippen LogP contribution < -0.4 is 11.2 Å². The van der Waals surface area contributed by atoms with Gasteiger partial charge in [-0.05, 0) is 49.1 Å². The first-order valence-electron chi connectivity index (χ1n) is 10.8. The number of aromatic amines is 1. The summed E-state index contributed by atoms with van der Waals surface area (Å²) in [7, 11) is 1.54. The molecule has 0 aliphatic heterocycles. The highest BCUT2D eigenvalue weighted by Gasteiger charge is 2.13. The molecule has 3 aromatic rings. The molecule has 2 aromatic carbocycles. The Labute approximate surface area is 218 Å². The van der Waals surface area contributed by atoms with E-state index in [9.17, 15) is 27.6 Å². The Morgan fingerprint density at radius 3 is 1.86 bits per heavy atom. The molecule has 0 atom stereocenters. The summed E-state index contributed by atoms with van der Waals surface area (Å²) in [5.74, 6) is -2.01. The number of nitrogens with zero attached hydrogens (tertiary/aromatic N) is 1. The van der Waals surface area contributed by atoms with Crippen LogP contribution in [-0.2, 0) is 25.8 Å². The molecule has 10 nitrogen and oxygen atoms in total. The van der Waals surface area contributed by atoms with Crippen LogP contribution in [0, 0.1) is 13.8 Å². The van der Waals surface area contributed by atoms with Gasteiger partial charge in [0, 0.05) is 22.4 Å². The van der Waals surface area contributed by atoms with Crippen molar-refractivity contribution in [1.29, 1.82) is 0 Å². The number of rotatable bonds is 4. The third-order valence-corrected chi connectivity index (χ3v) is 6.16. The van der Waals surface area contributed by atoms with E-state index in [1.807, 2.05) is 24.0 Å². The van der Waals surface area contributed by atoms with Gasteiger partial charge in [0.1, 0.15) is 6.54 Å². The van der Waals surface area contributed by atoms with E-state index in [4.69, 9.17) is 20.9 Å². The van der Waals surface area contributed by atoms with E-state index in [-0.39, 0.29) is 10.3 Å². The minimum Gasteiger partial charge on any atom is -0.480 e. The lowest BCUT2D eigenvalue weighted by Crippen LogP contribution is -2.32.